The van der Waals surface area contributed by atoms with Crippen LogP contribution in [-0.2, 0) is 6.42 Å². The van der Waals surface area contributed by atoms with Gasteiger partial charge in [0.15, 0.2) is 6.10 Å². The molecule has 0 saturated carbocycles. The van der Waals surface area contributed by atoms with Crippen molar-refractivity contribution in [3.05, 3.63) is 62.6 Å². The molecule has 0 bridgehead atoms. The van der Waals surface area contributed by atoms with Crippen LogP contribution in [0.1, 0.15) is 15.9 Å². The molecule has 3 rings (SSSR count). The smallest absolute Gasteiger partial charge is 0.206 e. The van der Waals surface area contributed by atoms with Crippen molar-refractivity contribution in [2.45, 2.75) is 12.5 Å². The molecule has 0 N–H and O–H groups in total. The van der Waals surface area contributed by atoms with Gasteiger partial charge in [0.2, 0.25) is 5.78 Å². The van der Waals surface area contributed by atoms with Crippen LogP contribution in [0.2, 0.25) is 15.1 Å². The minimum absolute atomic E-state index is 0.229. The summed E-state index contributed by atoms with van der Waals surface area (Å²) in [6.45, 7) is 0. The molecule has 0 saturated heterocycles. The van der Waals surface area contributed by atoms with E-state index in [4.69, 9.17) is 39.5 Å². The third-order valence-corrected chi connectivity index (χ3v) is 4.01. The molecule has 0 amide bonds. The van der Waals surface area contributed by atoms with Gasteiger partial charge >= 0.3 is 0 Å². The third-order valence-electron chi connectivity index (χ3n) is 3.19. The molecular weight excluding hydrogens is 319 g/mol. The van der Waals surface area contributed by atoms with Crippen molar-refractivity contribution in [2.75, 3.05) is 0 Å². The van der Waals surface area contributed by atoms with Crippen LogP contribution in [0, 0.1) is 0 Å². The second kappa shape index (κ2) is 5.28. The molecule has 20 heavy (non-hydrogen) atoms. The molecule has 0 aromatic heterocycles. The monoisotopic (exact) mass is 326 g/mol. The van der Waals surface area contributed by atoms with Gasteiger partial charge in [0.1, 0.15) is 5.75 Å². The number of carbonyl (C=O) groups is 1. The van der Waals surface area contributed by atoms with E-state index in [1.807, 2.05) is 24.3 Å². The van der Waals surface area contributed by atoms with E-state index < -0.39 is 6.10 Å². The molecule has 1 aliphatic heterocycles. The van der Waals surface area contributed by atoms with E-state index in [0.29, 0.717) is 11.4 Å². The maximum absolute atomic E-state index is 12.5. The van der Waals surface area contributed by atoms with Gasteiger partial charge in [-0.3, -0.25) is 4.79 Å². The van der Waals surface area contributed by atoms with Crippen LogP contribution >= 0.6 is 34.8 Å². The van der Waals surface area contributed by atoms with Crippen LogP contribution in [0.25, 0.3) is 0 Å². The number of carbonyl (C=O) groups excluding carboxylic acids is 1. The lowest BCUT2D eigenvalue weighted by Gasteiger charge is -2.12. The minimum atomic E-state index is -0.594. The summed E-state index contributed by atoms with van der Waals surface area (Å²) in [5, 5.41) is 0.881. The van der Waals surface area contributed by atoms with Crippen molar-refractivity contribution in [3.8, 4) is 5.75 Å². The van der Waals surface area contributed by atoms with Gasteiger partial charge in [-0.05, 0) is 23.8 Å². The normalized spacial score (nSPS) is 16.6. The lowest BCUT2D eigenvalue weighted by atomic mass is 10.0. The molecule has 0 radical (unpaired) electrons. The number of fused-ring (bicyclic) bond motifs is 1. The highest BCUT2D eigenvalue weighted by atomic mass is 35.5. The van der Waals surface area contributed by atoms with Crippen molar-refractivity contribution >= 4 is 40.6 Å². The van der Waals surface area contributed by atoms with Crippen molar-refractivity contribution in [2.24, 2.45) is 0 Å². The summed E-state index contributed by atoms with van der Waals surface area (Å²) in [6, 6.07) is 10.6. The zero-order valence-electron chi connectivity index (χ0n) is 10.2. The number of Topliss-reactive ketones (excluding diaryl/α,β-unsaturated/α-hetero) is 1. The predicted octanol–water partition coefficient (Wildman–Crippen LogP) is 4.83. The Labute approximate surface area is 131 Å². The van der Waals surface area contributed by atoms with Crippen molar-refractivity contribution < 1.29 is 9.53 Å². The molecule has 2 nitrogen and oxygen atoms in total. The molecule has 2 aromatic carbocycles. The number of halogens is 3. The lowest BCUT2D eigenvalue weighted by molar-refractivity contribution is 0.0825. The summed E-state index contributed by atoms with van der Waals surface area (Å²) in [5.74, 6) is 0.500. The van der Waals surface area contributed by atoms with Gasteiger partial charge in [0, 0.05) is 11.4 Å². The van der Waals surface area contributed by atoms with Gasteiger partial charge in [-0.2, -0.15) is 0 Å². The average Bonchev–Trinajstić information content (AvgIpc) is 2.81. The van der Waals surface area contributed by atoms with Gasteiger partial charge in [-0.15, -0.1) is 0 Å². The third kappa shape index (κ3) is 2.39. The number of ketones is 1. The van der Waals surface area contributed by atoms with Gasteiger partial charge in [-0.25, -0.2) is 0 Å². The topological polar surface area (TPSA) is 26.3 Å². The number of para-hydroxylation sites is 1. The van der Waals surface area contributed by atoms with E-state index in [1.165, 1.54) is 12.1 Å². The standard InChI is InChI=1S/C15H9Cl3O2/c16-9-6-10(17)14(11(18)7-9)15(19)13-5-8-3-1-2-4-12(8)20-13/h1-4,6-7,13H,5H2. The van der Waals surface area contributed by atoms with E-state index >= 15 is 0 Å². The Morgan fingerprint density at radius 3 is 2.40 bits per heavy atom. The number of rotatable bonds is 2. The molecule has 2 aromatic rings. The van der Waals surface area contributed by atoms with E-state index in [-0.39, 0.29) is 21.4 Å². The van der Waals surface area contributed by atoms with Gasteiger partial charge < -0.3 is 4.74 Å². The number of hydrogen-bond donors (Lipinski definition) is 0. The summed E-state index contributed by atoms with van der Waals surface area (Å²) in [4.78, 5) is 12.5. The second-order valence-corrected chi connectivity index (χ2v) is 5.78. The van der Waals surface area contributed by atoms with E-state index in [9.17, 15) is 4.79 Å². The maximum Gasteiger partial charge on any atom is 0.206 e. The summed E-state index contributed by atoms with van der Waals surface area (Å²) in [7, 11) is 0. The first-order chi connectivity index (χ1) is 9.56. The highest BCUT2D eigenvalue weighted by molar-refractivity contribution is 6.42. The summed E-state index contributed by atoms with van der Waals surface area (Å²) >= 11 is 18.0. The highest BCUT2D eigenvalue weighted by Gasteiger charge is 2.32. The molecule has 5 heteroatoms. The molecular formula is C15H9Cl3O2. The fraction of sp³-hybridized carbons (Fsp3) is 0.133. The fourth-order valence-corrected chi connectivity index (χ4v) is 3.27. The first kappa shape index (κ1) is 13.7. The average molecular weight is 328 g/mol. The molecule has 0 aliphatic carbocycles. The molecule has 1 heterocycles. The first-order valence-corrected chi connectivity index (χ1v) is 7.13. The quantitative estimate of drug-likeness (QED) is 0.738. The van der Waals surface area contributed by atoms with Crippen LogP contribution in [0.5, 0.6) is 5.75 Å². The van der Waals surface area contributed by atoms with Crippen molar-refractivity contribution in [1.82, 2.24) is 0 Å². The largest absolute Gasteiger partial charge is 0.482 e. The molecule has 1 atom stereocenters. The Balaban J connectivity index is 1.93. The Hall–Kier alpha value is -1.22. The summed E-state index contributed by atoms with van der Waals surface area (Å²) in [6.07, 6.45) is -0.0758. The van der Waals surface area contributed by atoms with Crippen LogP contribution in [0.15, 0.2) is 36.4 Å². The van der Waals surface area contributed by atoms with Crippen molar-refractivity contribution in [3.63, 3.8) is 0 Å². The first-order valence-electron chi connectivity index (χ1n) is 5.99. The van der Waals surface area contributed by atoms with E-state index in [1.54, 1.807) is 0 Å². The molecule has 102 valence electrons. The lowest BCUT2D eigenvalue weighted by Crippen LogP contribution is -2.26. The Morgan fingerprint density at radius 1 is 1.10 bits per heavy atom. The Kier molecular flexibility index (Phi) is 3.63. The second-order valence-electron chi connectivity index (χ2n) is 4.53. The summed E-state index contributed by atoms with van der Waals surface area (Å²) < 4.78 is 5.66. The molecule has 0 spiro atoms. The van der Waals surface area contributed by atoms with Crippen molar-refractivity contribution in [1.29, 1.82) is 0 Å². The van der Waals surface area contributed by atoms with Crippen LogP contribution in [0.3, 0.4) is 0 Å². The zero-order chi connectivity index (χ0) is 14.3. The maximum atomic E-state index is 12.5. The Morgan fingerprint density at radius 2 is 1.75 bits per heavy atom. The van der Waals surface area contributed by atoms with Gasteiger partial charge in [0.05, 0.1) is 15.6 Å². The van der Waals surface area contributed by atoms with Crippen LogP contribution in [-0.4, -0.2) is 11.9 Å². The van der Waals surface area contributed by atoms with Gasteiger partial charge in [0.25, 0.3) is 0 Å². The summed E-state index contributed by atoms with van der Waals surface area (Å²) in [5.41, 5.74) is 1.27. The van der Waals surface area contributed by atoms with E-state index in [0.717, 1.165) is 11.3 Å². The Bertz CT molecular complexity index is 649. The zero-order valence-corrected chi connectivity index (χ0v) is 12.5. The SMILES string of the molecule is O=C(c1c(Cl)cc(Cl)cc1Cl)C1Cc2ccccc2O1. The molecule has 1 unspecified atom stereocenters. The number of hydrogen-bond acceptors (Lipinski definition) is 2. The molecule has 0 fully saturated rings. The highest BCUT2D eigenvalue weighted by Crippen LogP contribution is 2.34. The fourth-order valence-electron chi connectivity index (χ4n) is 2.27. The number of benzene rings is 2. The molecule has 1 aliphatic rings. The van der Waals surface area contributed by atoms with Crippen LogP contribution in [0.4, 0.5) is 0 Å². The minimum Gasteiger partial charge on any atom is -0.482 e. The van der Waals surface area contributed by atoms with Gasteiger partial charge in [-0.1, -0.05) is 53.0 Å². The predicted molar refractivity (Wildman–Crippen MR) is 80.4 cm³/mol. The van der Waals surface area contributed by atoms with Crippen LogP contribution < -0.4 is 4.74 Å². The van der Waals surface area contributed by atoms with E-state index in [2.05, 4.69) is 0 Å². The number of ether oxygens (including phenoxy) is 1.